The molecule has 4 rings (SSSR count). The first-order valence-corrected chi connectivity index (χ1v) is 10.4. The number of hydrogen-bond donors (Lipinski definition) is 1. The topological polar surface area (TPSA) is 122 Å². The Bertz CT molecular complexity index is 1180. The molecule has 1 amide bonds. The summed E-state index contributed by atoms with van der Waals surface area (Å²) in [5, 5.41) is 21.4. The summed E-state index contributed by atoms with van der Waals surface area (Å²) in [5.41, 5.74) is 1.15. The van der Waals surface area contributed by atoms with E-state index in [2.05, 4.69) is 21.3 Å². The molecule has 1 fully saturated rings. The van der Waals surface area contributed by atoms with Gasteiger partial charge in [-0.2, -0.15) is 15.5 Å². The molecule has 0 saturated carbocycles. The standard InChI is InChI=1S/C22H19ClN6O3/c23-17-12-16(4-3-15(17)13-24)26-20(30)5-6-28-7-9-29(10-8-28)22-18(14-25)27-21(32-22)19-2-1-11-31-19/h1-4,11-12H,5-10H2,(H,26,30). The van der Waals surface area contributed by atoms with Gasteiger partial charge in [0, 0.05) is 44.8 Å². The lowest BCUT2D eigenvalue weighted by Gasteiger charge is -2.34. The van der Waals surface area contributed by atoms with Crippen molar-refractivity contribution in [2.75, 3.05) is 42.9 Å². The summed E-state index contributed by atoms with van der Waals surface area (Å²) < 4.78 is 11.1. The predicted octanol–water partition coefficient (Wildman–Crippen LogP) is 3.48. The van der Waals surface area contributed by atoms with Gasteiger partial charge in [-0.15, -0.1) is 0 Å². The Kier molecular flexibility index (Phi) is 6.41. The average Bonchev–Trinajstić information content (AvgIpc) is 3.48. The van der Waals surface area contributed by atoms with Gasteiger partial charge in [0.1, 0.15) is 12.1 Å². The number of nitrogens with one attached hydrogen (secondary N) is 1. The number of oxazole rings is 1. The minimum Gasteiger partial charge on any atom is -0.459 e. The number of nitrogens with zero attached hydrogens (tertiary/aromatic N) is 5. The number of halogens is 1. The van der Waals surface area contributed by atoms with E-state index in [0.717, 1.165) is 13.1 Å². The minimum atomic E-state index is -0.127. The molecule has 9 nitrogen and oxygen atoms in total. The van der Waals surface area contributed by atoms with Crippen LogP contribution in [0.1, 0.15) is 17.7 Å². The number of carbonyl (C=O) groups excluding carboxylic acids is 1. The highest BCUT2D eigenvalue weighted by Gasteiger charge is 2.25. The Hall–Kier alpha value is -3.79. The zero-order valence-electron chi connectivity index (χ0n) is 17.0. The van der Waals surface area contributed by atoms with Crippen LogP contribution in [-0.2, 0) is 4.79 Å². The quantitative estimate of drug-likeness (QED) is 0.605. The van der Waals surface area contributed by atoms with Crippen molar-refractivity contribution in [2.24, 2.45) is 0 Å². The molecule has 3 aromatic rings. The Labute approximate surface area is 189 Å². The molecule has 32 heavy (non-hydrogen) atoms. The molecule has 3 heterocycles. The molecule has 0 unspecified atom stereocenters. The van der Waals surface area contributed by atoms with Crippen molar-refractivity contribution in [1.29, 1.82) is 10.5 Å². The van der Waals surface area contributed by atoms with Crippen LogP contribution in [0.4, 0.5) is 11.6 Å². The first kappa shape index (κ1) is 21.4. The highest BCUT2D eigenvalue weighted by molar-refractivity contribution is 6.32. The van der Waals surface area contributed by atoms with Crippen LogP contribution in [0.15, 0.2) is 45.4 Å². The van der Waals surface area contributed by atoms with Crippen LogP contribution in [-0.4, -0.2) is 48.5 Å². The van der Waals surface area contributed by atoms with E-state index in [-0.39, 0.29) is 17.5 Å². The second-order valence-corrected chi connectivity index (χ2v) is 7.60. The highest BCUT2D eigenvalue weighted by atomic mass is 35.5. The molecule has 0 spiro atoms. The zero-order valence-corrected chi connectivity index (χ0v) is 17.8. The molecule has 0 aliphatic carbocycles. The molecule has 2 aromatic heterocycles. The maximum Gasteiger partial charge on any atom is 0.266 e. The van der Waals surface area contributed by atoms with E-state index in [1.54, 1.807) is 30.3 Å². The first-order valence-electron chi connectivity index (χ1n) is 9.99. The van der Waals surface area contributed by atoms with Crippen molar-refractivity contribution < 1.29 is 13.6 Å². The summed E-state index contributed by atoms with van der Waals surface area (Å²) in [5.74, 6) is 1.07. The molecule has 0 atom stereocenters. The summed E-state index contributed by atoms with van der Waals surface area (Å²) >= 11 is 6.00. The van der Waals surface area contributed by atoms with Gasteiger partial charge < -0.3 is 19.1 Å². The number of anilines is 2. The van der Waals surface area contributed by atoms with Crippen molar-refractivity contribution in [3.05, 3.63) is 52.9 Å². The number of aromatic nitrogens is 1. The zero-order chi connectivity index (χ0) is 22.5. The lowest BCUT2D eigenvalue weighted by Crippen LogP contribution is -2.47. The summed E-state index contributed by atoms with van der Waals surface area (Å²) in [6.07, 6.45) is 1.85. The van der Waals surface area contributed by atoms with Crippen molar-refractivity contribution >= 4 is 29.1 Å². The maximum atomic E-state index is 12.3. The molecule has 0 bridgehead atoms. The third-order valence-electron chi connectivity index (χ3n) is 5.14. The molecule has 162 valence electrons. The lowest BCUT2D eigenvalue weighted by molar-refractivity contribution is -0.116. The fraction of sp³-hybridized carbons (Fsp3) is 0.273. The number of rotatable bonds is 6. The van der Waals surface area contributed by atoms with Gasteiger partial charge in [-0.05, 0) is 30.3 Å². The molecule has 10 heteroatoms. The first-order chi connectivity index (χ1) is 15.6. The Morgan fingerprint density at radius 3 is 2.66 bits per heavy atom. The van der Waals surface area contributed by atoms with Crippen LogP contribution in [0.2, 0.25) is 5.02 Å². The number of furan rings is 1. The molecular weight excluding hydrogens is 432 g/mol. The minimum absolute atomic E-state index is 0.127. The summed E-state index contributed by atoms with van der Waals surface area (Å²) in [6, 6.07) is 12.3. The Morgan fingerprint density at radius 1 is 1.19 bits per heavy atom. The molecule has 0 radical (unpaired) electrons. The van der Waals surface area contributed by atoms with E-state index in [0.29, 0.717) is 54.0 Å². The SMILES string of the molecule is N#Cc1ccc(NC(=O)CCN2CCN(c3oc(-c4ccco4)nc3C#N)CC2)cc1Cl. The van der Waals surface area contributed by atoms with Crippen LogP contribution < -0.4 is 10.2 Å². The van der Waals surface area contributed by atoms with E-state index in [1.807, 2.05) is 11.0 Å². The van der Waals surface area contributed by atoms with E-state index in [4.69, 9.17) is 25.7 Å². The molecule has 1 aliphatic heterocycles. The Balaban J connectivity index is 1.28. The van der Waals surface area contributed by atoms with Gasteiger partial charge in [0.2, 0.25) is 17.5 Å². The fourth-order valence-corrected chi connectivity index (χ4v) is 3.67. The van der Waals surface area contributed by atoms with E-state index in [1.165, 1.54) is 6.26 Å². The molecule has 1 saturated heterocycles. The summed E-state index contributed by atoms with van der Waals surface area (Å²) in [4.78, 5) is 20.7. The van der Waals surface area contributed by atoms with E-state index >= 15 is 0 Å². The van der Waals surface area contributed by atoms with Crippen molar-refractivity contribution in [3.8, 4) is 23.8 Å². The summed E-state index contributed by atoms with van der Waals surface area (Å²) in [7, 11) is 0. The van der Waals surface area contributed by atoms with Gasteiger partial charge in [0.25, 0.3) is 5.89 Å². The smallest absolute Gasteiger partial charge is 0.266 e. The normalized spacial score (nSPS) is 14.0. The van der Waals surface area contributed by atoms with Crippen LogP contribution in [0, 0.1) is 22.7 Å². The third kappa shape index (κ3) is 4.75. The number of piperazine rings is 1. The monoisotopic (exact) mass is 450 g/mol. The number of benzene rings is 1. The number of hydrogen-bond acceptors (Lipinski definition) is 8. The van der Waals surface area contributed by atoms with Crippen molar-refractivity contribution in [1.82, 2.24) is 9.88 Å². The van der Waals surface area contributed by atoms with Crippen LogP contribution in [0.25, 0.3) is 11.7 Å². The highest BCUT2D eigenvalue weighted by Crippen LogP contribution is 2.29. The van der Waals surface area contributed by atoms with Gasteiger partial charge in [-0.3, -0.25) is 9.69 Å². The second-order valence-electron chi connectivity index (χ2n) is 7.20. The van der Waals surface area contributed by atoms with Crippen molar-refractivity contribution in [3.63, 3.8) is 0 Å². The number of amides is 1. The van der Waals surface area contributed by atoms with Gasteiger partial charge in [-0.1, -0.05) is 11.6 Å². The van der Waals surface area contributed by atoms with Gasteiger partial charge in [0.05, 0.1) is 16.8 Å². The largest absolute Gasteiger partial charge is 0.459 e. The lowest BCUT2D eigenvalue weighted by atomic mass is 10.2. The van der Waals surface area contributed by atoms with E-state index in [9.17, 15) is 10.1 Å². The number of carbonyl (C=O) groups is 1. The molecule has 1 aliphatic rings. The number of nitriles is 2. The van der Waals surface area contributed by atoms with Crippen LogP contribution in [0.5, 0.6) is 0 Å². The Morgan fingerprint density at radius 2 is 2.00 bits per heavy atom. The average molecular weight is 451 g/mol. The van der Waals surface area contributed by atoms with Gasteiger partial charge in [0.15, 0.2) is 5.76 Å². The van der Waals surface area contributed by atoms with Crippen LogP contribution >= 0.6 is 11.6 Å². The summed E-state index contributed by atoms with van der Waals surface area (Å²) in [6.45, 7) is 3.33. The fourth-order valence-electron chi connectivity index (χ4n) is 3.45. The third-order valence-corrected chi connectivity index (χ3v) is 5.45. The second kappa shape index (κ2) is 9.56. The molecule has 1 aromatic carbocycles. The molecular formula is C22H19ClN6O3. The van der Waals surface area contributed by atoms with Gasteiger partial charge in [-0.25, -0.2) is 0 Å². The maximum absolute atomic E-state index is 12.3. The van der Waals surface area contributed by atoms with E-state index < -0.39 is 0 Å². The van der Waals surface area contributed by atoms with Crippen LogP contribution in [0.3, 0.4) is 0 Å². The van der Waals surface area contributed by atoms with Crippen molar-refractivity contribution in [2.45, 2.75) is 6.42 Å². The molecule has 1 N–H and O–H groups in total. The predicted molar refractivity (Wildman–Crippen MR) is 117 cm³/mol. The van der Waals surface area contributed by atoms with Gasteiger partial charge >= 0.3 is 0 Å².